The maximum atomic E-state index is 3.67. The molecule has 1 fully saturated rings. The highest BCUT2D eigenvalue weighted by Crippen LogP contribution is 2.34. The van der Waals surface area contributed by atoms with E-state index in [1.165, 1.54) is 47.7 Å². The second-order valence-electron chi connectivity index (χ2n) is 5.50. The molecule has 1 aromatic rings. The molecule has 0 spiro atoms. The number of aryl methyl sites for hydroxylation is 1. The average molecular weight is 310 g/mol. The SMILES string of the molecule is CCNC(CC1CCCC1)c1ccc(Br)cc1C. The third-order valence-electron chi connectivity index (χ3n) is 4.10. The zero-order valence-corrected chi connectivity index (χ0v) is 13.1. The van der Waals surface area contributed by atoms with Gasteiger partial charge in [-0.3, -0.25) is 0 Å². The molecule has 100 valence electrons. The van der Waals surface area contributed by atoms with E-state index in [-0.39, 0.29) is 0 Å². The highest BCUT2D eigenvalue weighted by molar-refractivity contribution is 9.10. The Labute approximate surface area is 119 Å². The predicted octanol–water partition coefficient (Wildman–Crippen LogP) is 4.99. The number of hydrogen-bond donors (Lipinski definition) is 1. The molecule has 2 rings (SSSR count). The summed E-state index contributed by atoms with van der Waals surface area (Å²) < 4.78 is 1.18. The Morgan fingerprint density at radius 1 is 1.33 bits per heavy atom. The number of nitrogens with one attached hydrogen (secondary N) is 1. The molecular formula is C16H24BrN. The van der Waals surface area contributed by atoms with Crippen LogP contribution in [-0.2, 0) is 0 Å². The Bertz CT molecular complexity index is 383. The van der Waals surface area contributed by atoms with Crippen molar-refractivity contribution >= 4 is 15.9 Å². The van der Waals surface area contributed by atoms with Crippen molar-refractivity contribution in [2.75, 3.05) is 6.54 Å². The van der Waals surface area contributed by atoms with Gasteiger partial charge < -0.3 is 5.32 Å². The van der Waals surface area contributed by atoms with Gasteiger partial charge in [0.25, 0.3) is 0 Å². The number of halogens is 1. The molecule has 1 aliphatic carbocycles. The highest BCUT2D eigenvalue weighted by Gasteiger charge is 2.21. The molecule has 1 saturated carbocycles. The Morgan fingerprint density at radius 2 is 2.06 bits per heavy atom. The van der Waals surface area contributed by atoms with E-state index < -0.39 is 0 Å². The third kappa shape index (κ3) is 3.58. The van der Waals surface area contributed by atoms with Crippen LogP contribution < -0.4 is 5.32 Å². The van der Waals surface area contributed by atoms with Crippen LogP contribution >= 0.6 is 15.9 Å². The van der Waals surface area contributed by atoms with Crippen LogP contribution in [0.4, 0.5) is 0 Å². The fraction of sp³-hybridized carbons (Fsp3) is 0.625. The molecule has 0 bridgehead atoms. The van der Waals surface area contributed by atoms with Gasteiger partial charge in [0.1, 0.15) is 0 Å². The average Bonchev–Trinajstić information content (AvgIpc) is 2.81. The fourth-order valence-electron chi connectivity index (χ4n) is 3.18. The largest absolute Gasteiger partial charge is 0.310 e. The van der Waals surface area contributed by atoms with Gasteiger partial charge in [-0.05, 0) is 49.1 Å². The lowest BCUT2D eigenvalue weighted by Gasteiger charge is -2.23. The summed E-state index contributed by atoms with van der Waals surface area (Å²) in [6, 6.07) is 7.21. The van der Waals surface area contributed by atoms with E-state index in [1.54, 1.807) is 0 Å². The maximum absolute atomic E-state index is 3.67. The van der Waals surface area contributed by atoms with Crippen LogP contribution in [0.15, 0.2) is 22.7 Å². The molecule has 0 aliphatic heterocycles. The van der Waals surface area contributed by atoms with Crippen molar-refractivity contribution < 1.29 is 0 Å². The van der Waals surface area contributed by atoms with Gasteiger partial charge in [-0.25, -0.2) is 0 Å². The maximum Gasteiger partial charge on any atom is 0.0325 e. The van der Waals surface area contributed by atoms with E-state index in [1.807, 2.05) is 0 Å². The minimum absolute atomic E-state index is 0.534. The van der Waals surface area contributed by atoms with Gasteiger partial charge in [-0.1, -0.05) is 54.6 Å². The first-order chi connectivity index (χ1) is 8.70. The van der Waals surface area contributed by atoms with Gasteiger partial charge in [0.2, 0.25) is 0 Å². The molecule has 1 N–H and O–H groups in total. The highest BCUT2D eigenvalue weighted by atomic mass is 79.9. The normalized spacial score (nSPS) is 18.2. The summed E-state index contributed by atoms with van der Waals surface area (Å²) in [5.74, 6) is 0.928. The monoisotopic (exact) mass is 309 g/mol. The molecule has 1 nitrogen and oxygen atoms in total. The number of hydrogen-bond acceptors (Lipinski definition) is 1. The summed E-state index contributed by atoms with van der Waals surface area (Å²) in [6.45, 7) is 5.47. The molecule has 0 amide bonds. The second-order valence-corrected chi connectivity index (χ2v) is 6.41. The summed E-state index contributed by atoms with van der Waals surface area (Å²) in [5, 5.41) is 3.67. The third-order valence-corrected chi connectivity index (χ3v) is 4.59. The molecule has 1 atom stereocenters. The first kappa shape index (κ1) is 14.1. The lowest BCUT2D eigenvalue weighted by Crippen LogP contribution is -2.23. The Morgan fingerprint density at radius 3 is 2.67 bits per heavy atom. The van der Waals surface area contributed by atoms with E-state index >= 15 is 0 Å². The summed E-state index contributed by atoms with van der Waals surface area (Å²) in [7, 11) is 0. The first-order valence-electron chi connectivity index (χ1n) is 7.20. The zero-order chi connectivity index (χ0) is 13.0. The Hall–Kier alpha value is -0.340. The fourth-order valence-corrected chi connectivity index (χ4v) is 3.65. The van der Waals surface area contributed by atoms with Gasteiger partial charge in [-0.15, -0.1) is 0 Å². The summed E-state index contributed by atoms with van der Waals surface area (Å²) in [5.41, 5.74) is 2.88. The smallest absolute Gasteiger partial charge is 0.0325 e. The van der Waals surface area contributed by atoms with E-state index in [0.29, 0.717) is 6.04 Å². The van der Waals surface area contributed by atoms with E-state index in [9.17, 15) is 0 Å². The number of benzene rings is 1. The van der Waals surface area contributed by atoms with Crippen molar-refractivity contribution in [2.45, 2.75) is 52.0 Å². The molecule has 18 heavy (non-hydrogen) atoms. The van der Waals surface area contributed by atoms with Gasteiger partial charge in [0.05, 0.1) is 0 Å². The molecule has 0 aromatic heterocycles. The van der Waals surface area contributed by atoms with Crippen LogP contribution in [0.5, 0.6) is 0 Å². The van der Waals surface area contributed by atoms with E-state index in [0.717, 1.165) is 12.5 Å². The molecule has 1 aliphatic rings. The Balaban J connectivity index is 2.12. The van der Waals surface area contributed by atoms with Crippen molar-refractivity contribution in [1.29, 1.82) is 0 Å². The molecule has 0 radical (unpaired) electrons. The predicted molar refractivity (Wildman–Crippen MR) is 81.9 cm³/mol. The van der Waals surface area contributed by atoms with Crippen molar-refractivity contribution in [1.82, 2.24) is 5.32 Å². The summed E-state index contributed by atoms with van der Waals surface area (Å²) >= 11 is 3.55. The molecule has 1 unspecified atom stereocenters. The first-order valence-corrected chi connectivity index (χ1v) is 7.99. The lowest BCUT2D eigenvalue weighted by atomic mass is 9.91. The molecule has 0 heterocycles. The van der Waals surface area contributed by atoms with Gasteiger partial charge >= 0.3 is 0 Å². The van der Waals surface area contributed by atoms with Crippen molar-refractivity contribution in [3.05, 3.63) is 33.8 Å². The topological polar surface area (TPSA) is 12.0 Å². The molecular weight excluding hydrogens is 286 g/mol. The van der Waals surface area contributed by atoms with E-state index in [2.05, 4.69) is 53.3 Å². The minimum Gasteiger partial charge on any atom is -0.310 e. The van der Waals surface area contributed by atoms with Gasteiger partial charge in [0.15, 0.2) is 0 Å². The minimum atomic E-state index is 0.534. The standard InChI is InChI=1S/C16H24BrN/c1-3-18-16(11-13-6-4-5-7-13)15-9-8-14(17)10-12(15)2/h8-10,13,16,18H,3-7,11H2,1-2H3. The van der Waals surface area contributed by atoms with Crippen LogP contribution in [-0.4, -0.2) is 6.54 Å². The molecule has 1 aromatic carbocycles. The van der Waals surface area contributed by atoms with Crippen LogP contribution in [0.3, 0.4) is 0 Å². The zero-order valence-electron chi connectivity index (χ0n) is 11.5. The summed E-state index contributed by atoms with van der Waals surface area (Å²) in [4.78, 5) is 0. The second kappa shape index (κ2) is 6.72. The Kier molecular flexibility index (Phi) is 5.25. The quantitative estimate of drug-likeness (QED) is 0.808. The van der Waals surface area contributed by atoms with Gasteiger partial charge in [-0.2, -0.15) is 0 Å². The summed E-state index contributed by atoms with van der Waals surface area (Å²) in [6.07, 6.45) is 7.02. The number of rotatable bonds is 5. The van der Waals surface area contributed by atoms with Crippen LogP contribution in [0.1, 0.15) is 56.2 Å². The van der Waals surface area contributed by atoms with E-state index in [4.69, 9.17) is 0 Å². The van der Waals surface area contributed by atoms with Gasteiger partial charge in [0, 0.05) is 10.5 Å². The van der Waals surface area contributed by atoms with Crippen LogP contribution in [0.25, 0.3) is 0 Å². The van der Waals surface area contributed by atoms with Crippen molar-refractivity contribution in [3.8, 4) is 0 Å². The lowest BCUT2D eigenvalue weighted by molar-refractivity contribution is 0.400. The molecule has 2 heteroatoms. The van der Waals surface area contributed by atoms with Crippen molar-refractivity contribution in [2.24, 2.45) is 5.92 Å². The van der Waals surface area contributed by atoms with Crippen LogP contribution in [0.2, 0.25) is 0 Å². The molecule has 0 saturated heterocycles. The van der Waals surface area contributed by atoms with Crippen molar-refractivity contribution in [3.63, 3.8) is 0 Å². The van der Waals surface area contributed by atoms with Crippen LogP contribution in [0, 0.1) is 12.8 Å².